The number of ether oxygens (including phenoxy) is 1. The molecule has 180 valence electrons. The Hall–Kier alpha value is -5.08. The lowest BCUT2D eigenvalue weighted by Gasteiger charge is -2.08. The third kappa shape index (κ3) is 5.77. The highest BCUT2D eigenvalue weighted by molar-refractivity contribution is 6.10. The Morgan fingerprint density at radius 3 is 2.19 bits per heavy atom. The van der Waals surface area contributed by atoms with Gasteiger partial charge in [-0.1, -0.05) is 78.9 Å². The quantitative estimate of drug-likeness (QED) is 0.195. The van der Waals surface area contributed by atoms with E-state index in [0.717, 1.165) is 22.0 Å². The number of amides is 1. The second-order valence-electron chi connectivity index (χ2n) is 8.64. The minimum Gasteiger partial charge on any atom is -0.489 e. The molecular weight excluding hydrogens is 458 g/mol. The number of nitrogens with zero attached hydrogens (tertiary/aromatic N) is 2. The first-order valence-electron chi connectivity index (χ1n) is 12.0. The molecule has 0 radical (unpaired) electrons. The molecule has 0 spiro atoms. The number of aromatic nitrogens is 1. The van der Waals surface area contributed by atoms with Gasteiger partial charge in [0.2, 0.25) is 0 Å². The van der Waals surface area contributed by atoms with Crippen LogP contribution in [0.4, 0.5) is 5.69 Å². The molecule has 0 aliphatic rings. The summed E-state index contributed by atoms with van der Waals surface area (Å²) in [4.78, 5) is 12.9. The van der Waals surface area contributed by atoms with Gasteiger partial charge in [-0.15, -0.1) is 0 Å². The zero-order valence-corrected chi connectivity index (χ0v) is 20.2. The topological polar surface area (TPSA) is 67.0 Å². The van der Waals surface area contributed by atoms with Crippen molar-refractivity contribution in [3.05, 3.63) is 138 Å². The number of nitriles is 1. The van der Waals surface area contributed by atoms with Gasteiger partial charge in [0, 0.05) is 34.9 Å². The van der Waals surface area contributed by atoms with Crippen LogP contribution in [0, 0.1) is 11.3 Å². The smallest absolute Gasteiger partial charge is 0.266 e. The molecule has 5 aromatic rings. The van der Waals surface area contributed by atoms with Crippen LogP contribution in [-0.2, 0) is 17.9 Å². The van der Waals surface area contributed by atoms with Crippen molar-refractivity contribution in [1.29, 1.82) is 5.26 Å². The van der Waals surface area contributed by atoms with E-state index in [-0.39, 0.29) is 5.57 Å². The highest BCUT2D eigenvalue weighted by Crippen LogP contribution is 2.25. The summed E-state index contributed by atoms with van der Waals surface area (Å²) < 4.78 is 7.94. The zero-order valence-electron chi connectivity index (χ0n) is 20.2. The number of carbonyl (C=O) groups is 1. The van der Waals surface area contributed by atoms with E-state index in [2.05, 4.69) is 28.1 Å². The number of rotatable bonds is 8. The summed E-state index contributed by atoms with van der Waals surface area (Å²) in [7, 11) is 0. The second-order valence-corrected chi connectivity index (χ2v) is 8.64. The van der Waals surface area contributed by atoms with Crippen LogP contribution in [-0.4, -0.2) is 10.5 Å². The maximum atomic E-state index is 12.9. The van der Waals surface area contributed by atoms with E-state index in [1.54, 1.807) is 30.3 Å². The van der Waals surface area contributed by atoms with E-state index >= 15 is 0 Å². The van der Waals surface area contributed by atoms with E-state index in [1.807, 2.05) is 79.0 Å². The van der Waals surface area contributed by atoms with Crippen LogP contribution in [0.3, 0.4) is 0 Å². The number of nitrogens with one attached hydrogen (secondary N) is 1. The first kappa shape index (κ1) is 23.7. The van der Waals surface area contributed by atoms with Gasteiger partial charge >= 0.3 is 0 Å². The first-order valence-corrected chi connectivity index (χ1v) is 12.0. The van der Waals surface area contributed by atoms with Gasteiger partial charge in [0.25, 0.3) is 5.91 Å². The van der Waals surface area contributed by atoms with Gasteiger partial charge in [-0.2, -0.15) is 5.26 Å². The molecule has 5 rings (SSSR count). The standard InChI is InChI=1S/C32H25N3O2/c33-20-26(32(36)34-28-15-17-29(18-16-28)37-23-25-11-5-2-6-12-25)19-27-22-35(21-24-9-3-1-4-10-24)31-14-8-7-13-30(27)31/h1-19,22H,21,23H2,(H,34,36)/b26-19+. The lowest BCUT2D eigenvalue weighted by molar-refractivity contribution is -0.112. The first-order chi connectivity index (χ1) is 18.2. The Morgan fingerprint density at radius 2 is 1.49 bits per heavy atom. The summed E-state index contributed by atoms with van der Waals surface area (Å²) in [6, 6.07) is 37.3. The molecule has 0 fully saturated rings. The van der Waals surface area contributed by atoms with Crippen LogP contribution in [0.25, 0.3) is 17.0 Å². The molecule has 0 bridgehead atoms. The van der Waals surface area contributed by atoms with Gasteiger partial charge in [0.15, 0.2) is 0 Å². The summed E-state index contributed by atoms with van der Waals surface area (Å²) in [5.74, 6) is 0.240. The highest BCUT2D eigenvalue weighted by Gasteiger charge is 2.13. The number of benzene rings is 4. The molecule has 0 aliphatic heterocycles. The molecule has 0 atom stereocenters. The van der Waals surface area contributed by atoms with Gasteiger partial charge in [-0.3, -0.25) is 4.79 Å². The largest absolute Gasteiger partial charge is 0.489 e. The van der Waals surface area contributed by atoms with Crippen LogP contribution < -0.4 is 10.1 Å². The zero-order chi connectivity index (χ0) is 25.5. The fourth-order valence-corrected chi connectivity index (χ4v) is 4.18. The molecule has 5 nitrogen and oxygen atoms in total. The molecule has 0 unspecified atom stereocenters. The molecular formula is C32H25N3O2. The molecule has 5 heteroatoms. The number of hydrogen-bond donors (Lipinski definition) is 1. The van der Waals surface area contributed by atoms with Gasteiger partial charge in [0.05, 0.1) is 0 Å². The van der Waals surface area contributed by atoms with Crippen molar-refractivity contribution in [2.45, 2.75) is 13.2 Å². The Kier molecular flexibility index (Phi) is 7.10. The van der Waals surface area contributed by atoms with Gasteiger partial charge in [0.1, 0.15) is 24.0 Å². The molecule has 1 N–H and O–H groups in total. The molecule has 0 saturated carbocycles. The summed E-state index contributed by atoms with van der Waals surface area (Å²) in [5.41, 5.74) is 4.74. The highest BCUT2D eigenvalue weighted by atomic mass is 16.5. The Balaban J connectivity index is 1.31. The Morgan fingerprint density at radius 1 is 0.838 bits per heavy atom. The lowest BCUT2D eigenvalue weighted by atomic mass is 10.1. The monoisotopic (exact) mass is 483 g/mol. The van der Waals surface area contributed by atoms with Gasteiger partial charge in [-0.05, 0) is 47.5 Å². The van der Waals surface area contributed by atoms with Crippen LogP contribution >= 0.6 is 0 Å². The molecule has 4 aromatic carbocycles. The summed E-state index contributed by atoms with van der Waals surface area (Å²) in [6.07, 6.45) is 3.64. The average Bonchev–Trinajstić information content (AvgIpc) is 3.29. The van der Waals surface area contributed by atoms with E-state index < -0.39 is 5.91 Å². The van der Waals surface area contributed by atoms with E-state index in [4.69, 9.17) is 4.74 Å². The number of anilines is 1. The average molecular weight is 484 g/mol. The van der Waals surface area contributed by atoms with Crippen LogP contribution in [0.5, 0.6) is 5.75 Å². The normalized spacial score (nSPS) is 11.2. The lowest BCUT2D eigenvalue weighted by Crippen LogP contribution is -2.13. The van der Waals surface area contributed by atoms with Crippen LogP contribution in [0.15, 0.2) is 121 Å². The van der Waals surface area contributed by atoms with E-state index in [0.29, 0.717) is 24.6 Å². The fraction of sp³-hybridized carbons (Fsp3) is 0.0625. The minimum absolute atomic E-state index is 0.0343. The van der Waals surface area contributed by atoms with Crippen molar-refractivity contribution in [3.63, 3.8) is 0 Å². The van der Waals surface area contributed by atoms with Gasteiger partial charge in [-0.25, -0.2) is 0 Å². The van der Waals surface area contributed by atoms with Crippen molar-refractivity contribution < 1.29 is 9.53 Å². The molecule has 0 aliphatic carbocycles. The SMILES string of the molecule is N#C/C(=C\c1cn(Cc2ccccc2)c2ccccc12)C(=O)Nc1ccc(OCc2ccccc2)cc1. The maximum absolute atomic E-state index is 12.9. The number of hydrogen-bond acceptors (Lipinski definition) is 3. The fourth-order valence-electron chi connectivity index (χ4n) is 4.18. The predicted octanol–water partition coefficient (Wildman–Crippen LogP) is 6.81. The van der Waals surface area contributed by atoms with E-state index in [1.165, 1.54) is 5.56 Å². The molecule has 1 aromatic heterocycles. The summed E-state index contributed by atoms with van der Waals surface area (Å²) >= 11 is 0. The summed E-state index contributed by atoms with van der Waals surface area (Å²) in [5, 5.41) is 13.6. The predicted molar refractivity (Wildman–Crippen MR) is 147 cm³/mol. The van der Waals surface area contributed by atoms with Crippen molar-refractivity contribution in [1.82, 2.24) is 4.57 Å². The third-order valence-electron chi connectivity index (χ3n) is 6.04. The Labute approximate surface area is 215 Å². The number of carbonyl (C=O) groups excluding carboxylic acids is 1. The number of para-hydroxylation sites is 1. The maximum Gasteiger partial charge on any atom is 0.266 e. The number of fused-ring (bicyclic) bond motifs is 1. The summed E-state index contributed by atoms with van der Waals surface area (Å²) in [6.45, 7) is 1.16. The minimum atomic E-state index is -0.458. The Bertz CT molecular complexity index is 1580. The van der Waals surface area contributed by atoms with Crippen molar-refractivity contribution >= 4 is 28.6 Å². The van der Waals surface area contributed by atoms with Crippen molar-refractivity contribution in [2.75, 3.05) is 5.32 Å². The molecule has 37 heavy (non-hydrogen) atoms. The molecule has 0 saturated heterocycles. The van der Waals surface area contributed by atoms with Crippen molar-refractivity contribution in [3.8, 4) is 11.8 Å². The van der Waals surface area contributed by atoms with Crippen LogP contribution in [0.1, 0.15) is 16.7 Å². The second kappa shape index (κ2) is 11.1. The van der Waals surface area contributed by atoms with E-state index in [9.17, 15) is 10.1 Å². The van der Waals surface area contributed by atoms with Crippen molar-refractivity contribution in [2.24, 2.45) is 0 Å². The third-order valence-corrected chi connectivity index (χ3v) is 6.04. The van der Waals surface area contributed by atoms with Crippen LogP contribution in [0.2, 0.25) is 0 Å². The molecule has 1 amide bonds. The molecule has 1 heterocycles. The van der Waals surface area contributed by atoms with Gasteiger partial charge < -0.3 is 14.6 Å².